The summed E-state index contributed by atoms with van der Waals surface area (Å²) in [6.07, 6.45) is 1.66. The van der Waals surface area contributed by atoms with Gasteiger partial charge in [0, 0.05) is 6.20 Å². The molecule has 2 aromatic rings. The Bertz CT molecular complexity index is 553. The Morgan fingerprint density at radius 3 is 2.26 bits per heavy atom. The molecule has 0 fully saturated rings. The third-order valence-corrected chi connectivity index (χ3v) is 3.18. The van der Waals surface area contributed by atoms with Gasteiger partial charge in [0.1, 0.15) is 11.5 Å². The summed E-state index contributed by atoms with van der Waals surface area (Å²) in [6, 6.07) is 8.50. The van der Waals surface area contributed by atoms with E-state index in [1.807, 2.05) is 18.2 Å². The fraction of sp³-hybridized carbons (Fsp3) is 0.214. The molecule has 0 radical (unpaired) electrons. The van der Waals surface area contributed by atoms with E-state index < -0.39 is 6.04 Å². The molecule has 0 amide bonds. The van der Waals surface area contributed by atoms with Crippen LogP contribution in [0.25, 0.3) is 0 Å². The molecule has 0 saturated heterocycles. The van der Waals surface area contributed by atoms with E-state index in [2.05, 4.69) is 4.98 Å². The zero-order chi connectivity index (χ0) is 13.8. The summed E-state index contributed by atoms with van der Waals surface area (Å²) in [4.78, 5) is 4.24. The summed E-state index contributed by atoms with van der Waals surface area (Å²) in [5.74, 6) is 1.29. The highest BCUT2D eigenvalue weighted by Crippen LogP contribution is 2.36. The van der Waals surface area contributed by atoms with Gasteiger partial charge in [0.2, 0.25) is 0 Å². The molecule has 4 nitrogen and oxygen atoms in total. The molecule has 1 unspecified atom stereocenters. The number of nitrogens with zero attached hydrogens (tertiary/aromatic N) is 1. The Morgan fingerprint density at radius 1 is 1.11 bits per heavy atom. The number of hydrogen-bond donors (Lipinski definition) is 1. The van der Waals surface area contributed by atoms with Gasteiger partial charge in [-0.3, -0.25) is 4.98 Å². The molecule has 1 aromatic carbocycles. The van der Waals surface area contributed by atoms with Gasteiger partial charge < -0.3 is 15.2 Å². The van der Waals surface area contributed by atoms with Crippen LogP contribution in [0.1, 0.15) is 17.3 Å². The van der Waals surface area contributed by atoms with Crippen LogP contribution in [0.5, 0.6) is 11.5 Å². The van der Waals surface area contributed by atoms with Crippen molar-refractivity contribution < 1.29 is 9.47 Å². The normalized spacial score (nSPS) is 12.0. The zero-order valence-electron chi connectivity index (χ0n) is 10.8. The number of nitrogens with two attached hydrogens (primary N) is 1. The number of ether oxygens (including phenoxy) is 2. The van der Waals surface area contributed by atoms with E-state index in [-0.39, 0.29) is 0 Å². The quantitative estimate of drug-likeness (QED) is 0.934. The topological polar surface area (TPSA) is 57.4 Å². The van der Waals surface area contributed by atoms with Crippen molar-refractivity contribution in [2.24, 2.45) is 5.73 Å². The van der Waals surface area contributed by atoms with E-state index in [9.17, 15) is 0 Å². The Morgan fingerprint density at radius 2 is 1.74 bits per heavy atom. The van der Waals surface area contributed by atoms with E-state index in [0.29, 0.717) is 22.2 Å². The molecule has 100 valence electrons. The maximum Gasteiger partial charge on any atom is 0.127 e. The number of pyridine rings is 1. The lowest BCUT2D eigenvalue weighted by Gasteiger charge is -2.19. The van der Waals surface area contributed by atoms with Crippen molar-refractivity contribution in [3.63, 3.8) is 0 Å². The van der Waals surface area contributed by atoms with Crippen molar-refractivity contribution in [2.45, 2.75) is 6.04 Å². The van der Waals surface area contributed by atoms with E-state index in [1.165, 1.54) is 0 Å². The molecule has 2 N–H and O–H groups in total. The second-order valence-corrected chi connectivity index (χ2v) is 4.33. The van der Waals surface area contributed by atoms with Gasteiger partial charge in [0.25, 0.3) is 0 Å². The summed E-state index contributed by atoms with van der Waals surface area (Å²) in [5, 5.41) is 0.517. The van der Waals surface area contributed by atoms with Crippen molar-refractivity contribution >= 4 is 11.6 Å². The third kappa shape index (κ3) is 2.64. The van der Waals surface area contributed by atoms with Gasteiger partial charge in [-0.15, -0.1) is 0 Å². The molecule has 2 rings (SSSR count). The standard InChI is InChI=1S/C14H15ClN2O2/c1-18-10-6-3-7-11(19-2)12(10)13(16)14-9(15)5-4-8-17-14/h3-8,13H,16H2,1-2H3. The van der Waals surface area contributed by atoms with Crippen molar-refractivity contribution in [3.8, 4) is 11.5 Å². The Balaban J connectivity index is 2.55. The average Bonchev–Trinajstić information content (AvgIpc) is 2.46. The van der Waals surface area contributed by atoms with Crippen LogP contribution in [0, 0.1) is 0 Å². The lowest BCUT2D eigenvalue weighted by molar-refractivity contribution is 0.382. The molecular weight excluding hydrogens is 264 g/mol. The van der Waals surface area contributed by atoms with Crippen molar-refractivity contribution in [1.82, 2.24) is 4.98 Å². The van der Waals surface area contributed by atoms with E-state index in [4.69, 9.17) is 26.8 Å². The van der Waals surface area contributed by atoms with Gasteiger partial charge in [-0.1, -0.05) is 17.7 Å². The maximum atomic E-state index is 6.26. The SMILES string of the molecule is COc1cccc(OC)c1C(N)c1ncccc1Cl. The van der Waals surface area contributed by atoms with Crippen LogP contribution in [0.2, 0.25) is 5.02 Å². The number of rotatable bonds is 4. The van der Waals surface area contributed by atoms with Crippen LogP contribution in [0.3, 0.4) is 0 Å². The van der Waals surface area contributed by atoms with E-state index in [0.717, 1.165) is 5.56 Å². The first-order chi connectivity index (χ1) is 9.19. The van der Waals surface area contributed by atoms with Crippen LogP contribution in [-0.4, -0.2) is 19.2 Å². The lowest BCUT2D eigenvalue weighted by atomic mass is 10.0. The highest BCUT2D eigenvalue weighted by molar-refractivity contribution is 6.31. The highest BCUT2D eigenvalue weighted by atomic mass is 35.5. The molecule has 0 aliphatic heterocycles. The lowest BCUT2D eigenvalue weighted by Crippen LogP contribution is -2.16. The van der Waals surface area contributed by atoms with Gasteiger partial charge >= 0.3 is 0 Å². The molecule has 1 heterocycles. The molecule has 1 atom stereocenters. The molecule has 0 bridgehead atoms. The first-order valence-electron chi connectivity index (χ1n) is 5.76. The van der Waals surface area contributed by atoms with Crippen LogP contribution < -0.4 is 15.2 Å². The van der Waals surface area contributed by atoms with Gasteiger partial charge in [-0.25, -0.2) is 0 Å². The molecule has 5 heteroatoms. The van der Waals surface area contributed by atoms with Crippen molar-refractivity contribution in [1.29, 1.82) is 0 Å². The molecule has 0 aliphatic rings. The molecule has 0 saturated carbocycles. The minimum absolute atomic E-state index is 0.514. The molecule has 0 spiro atoms. The summed E-state index contributed by atoms with van der Waals surface area (Å²) in [7, 11) is 3.18. The summed E-state index contributed by atoms with van der Waals surface area (Å²) in [6.45, 7) is 0. The number of hydrogen-bond acceptors (Lipinski definition) is 4. The van der Waals surface area contributed by atoms with E-state index >= 15 is 0 Å². The van der Waals surface area contributed by atoms with E-state index in [1.54, 1.807) is 32.5 Å². The molecule has 1 aromatic heterocycles. The number of benzene rings is 1. The van der Waals surface area contributed by atoms with Crippen molar-refractivity contribution in [3.05, 3.63) is 52.8 Å². The van der Waals surface area contributed by atoms with Crippen LogP contribution in [0.4, 0.5) is 0 Å². The van der Waals surface area contributed by atoms with Gasteiger partial charge in [0.15, 0.2) is 0 Å². The van der Waals surface area contributed by atoms with Crippen LogP contribution in [-0.2, 0) is 0 Å². The fourth-order valence-electron chi connectivity index (χ4n) is 1.95. The second kappa shape index (κ2) is 5.91. The maximum absolute atomic E-state index is 6.26. The second-order valence-electron chi connectivity index (χ2n) is 3.92. The monoisotopic (exact) mass is 278 g/mol. The largest absolute Gasteiger partial charge is 0.496 e. The Hall–Kier alpha value is -1.78. The molecule has 0 aliphatic carbocycles. The average molecular weight is 279 g/mol. The first kappa shape index (κ1) is 13.6. The predicted molar refractivity (Wildman–Crippen MR) is 74.8 cm³/mol. The molecule has 19 heavy (non-hydrogen) atoms. The first-order valence-corrected chi connectivity index (χ1v) is 6.13. The highest BCUT2D eigenvalue weighted by Gasteiger charge is 2.21. The number of halogens is 1. The summed E-state index contributed by atoms with van der Waals surface area (Å²) in [5.41, 5.74) is 7.58. The fourth-order valence-corrected chi connectivity index (χ4v) is 2.19. The van der Waals surface area contributed by atoms with Gasteiger partial charge in [-0.05, 0) is 24.3 Å². The smallest absolute Gasteiger partial charge is 0.127 e. The van der Waals surface area contributed by atoms with Crippen LogP contribution in [0.15, 0.2) is 36.5 Å². The predicted octanol–water partition coefficient (Wildman–Crippen LogP) is 2.80. The summed E-state index contributed by atoms with van der Waals surface area (Å²) >= 11 is 6.14. The Labute approximate surface area is 117 Å². The van der Waals surface area contributed by atoms with Gasteiger partial charge in [-0.2, -0.15) is 0 Å². The minimum Gasteiger partial charge on any atom is -0.496 e. The molecular formula is C14H15ClN2O2. The number of aromatic nitrogens is 1. The van der Waals surface area contributed by atoms with Gasteiger partial charge in [0.05, 0.1) is 36.5 Å². The minimum atomic E-state index is -0.514. The van der Waals surface area contributed by atoms with Crippen LogP contribution >= 0.6 is 11.6 Å². The number of methoxy groups -OCH3 is 2. The Kier molecular flexibility index (Phi) is 4.24. The zero-order valence-corrected chi connectivity index (χ0v) is 11.5. The van der Waals surface area contributed by atoms with Crippen molar-refractivity contribution in [2.75, 3.05) is 14.2 Å². The third-order valence-electron chi connectivity index (χ3n) is 2.86. The summed E-state index contributed by atoms with van der Waals surface area (Å²) < 4.78 is 10.7.